The third-order valence-corrected chi connectivity index (χ3v) is 3.41. The van der Waals surface area contributed by atoms with Crippen LogP contribution in [0.3, 0.4) is 0 Å². The van der Waals surface area contributed by atoms with Crippen LogP contribution in [0.5, 0.6) is 5.75 Å². The molecule has 1 aromatic carbocycles. The molecule has 0 aliphatic rings. The van der Waals surface area contributed by atoms with Crippen molar-refractivity contribution in [2.75, 3.05) is 0 Å². The van der Waals surface area contributed by atoms with Gasteiger partial charge in [-0.15, -0.1) is 18.9 Å². The van der Waals surface area contributed by atoms with E-state index in [1.54, 1.807) is 18.2 Å². The van der Waals surface area contributed by atoms with Crippen molar-refractivity contribution in [2.45, 2.75) is 51.9 Å². The van der Waals surface area contributed by atoms with Crippen LogP contribution in [-0.4, -0.2) is 10.9 Å². The second-order valence-corrected chi connectivity index (χ2v) is 6.26. The van der Waals surface area contributed by atoms with Crippen LogP contribution in [0.25, 0.3) is 0 Å². The molecule has 0 fully saturated rings. The lowest BCUT2D eigenvalue weighted by atomic mass is 9.83. The molecular formula is C19H24O2. The molecule has 0 radical (unpaired) electrons. The van der Waals surface area contributed by atoms with Crippen molar-refractivity contribution in [1.82, 2.24) is 0 Å². The highest BCUT2D eigenvalue weighted by Gasteiger charge is 2.22. The third-order valence-electron chi connectivity index (χ3n) is 3.41. The maximum Gasteiger partial charge on any atom is 0.162 e. The molecule has 0 aliphatic carbocycles. The topological polar surface area (TPSA) is 37.3 Å². The fourth-order valence-electron chi connectivity index (χ4n) is 2.23. The summed E-state index contributed by atoms with van der Waals surface area (Å²) in [6.07, 6.45) is 9.22. The largest absolute Gasteiger partial charge is 0.507 e. The van der Waals surface area contributed by atoms with Crippen molar-refractivity contribution in [1.29, 1.82) is 0 Å². The first-order valence-corrected chi connectivity index (χ1v) is 7.25. The molecule has 0 atom stereocenters. The van der Waals surface area contributed by atoms with Gasteiger partial charge in [-0.2, -0.15) is 0 Å². The first-order chi connectivity index (χ1) is 9.81. The quantitative estimate of drug-likeness (QED) is 0.364. The summed E-state index contributed by atoms with van der Waals surface area (Å²) in [6, 6.07) is 3.57. The predicted octanol–water partition coefficient (Wildman–Crippen LogP) is 4.40. The highest BCUT2D eigenvalue weighted by molar-refractivity contribution is 5.96. The summed E-state index contributed by atoms with van der Waals surface area (Å²) in [6.45, 7) is 9.77. The molecule has 2 heteroatoms. The van der Waals surface area contributed by atoms with Crippen molar-refractivity contribution in [3.8, 4) is 18.1 Å². The number of phenolic OH excluding ortho intramolecular Hbond substituents is 1. The molecule has 0 bridgehead atoms. The zero-order valence-corrected chi connectivity index (χ0v) is 13.2. The standard InChI is InChI=1S/C19H24O2/c1-6-8-9-11-17(20)15-12-14(10-7-2)18(21)16(13-15)19(3,4)5/h1,7,12-13,21H,2,8-11H2,3-5H3. The monoisotopic (exact) mass is 284 g/mol. The van der Waals surface area contributed by atoms with Gasteiger partial charge in [-0.1, -0.05) is 26.8 Å². The summed E-state index contributed by atoms with van der Waals surface area (Å²) in [5.74, 6) is 2.88. The van der Waals surface area contributed by atoms with Crippen LogP contribution in [-0.2, 0) is 11.8 Å². The number of allylic oxidation sites excluding steroid dienone is 1. The van der Waals surface area contributed by atoms with E-state index in [4.69, 9.17) is 6.42 Å². The molecule has 0 aliphatic heterocycles. The molecule has 2 nitrogen and oxygen atoms in total. The number of hydrogen-bond donors (Lipinski definition) is 1. The number of Topliss-reactive ketones (excluding diaryl/α,β-unsaturated/α-hetero) is 1. The number of terminal acetylenes is 1. The lowest BCUT2D eigenvalue weighted by molar-refractivity contribution is 0.0980. The highest BCUT2D eigenvalue weighted by atomic mass is 16.3. The molecule has 1 aromatic rings. The Kier molecular flexibility index (Phi) is 5.79. The van der Waals surface area contributed by atoms with Gasteiger partial charge in [-0.05, 0) is 36.0 Å². The number of ketones is 1. The van der Waals surface area contributed by atoms with Crippen molar-refractivity contribution < 1.29 is 9.90 Å². The van der Waals surface area contributed by atoms with Crippen LogP contribution in [0.2, 0.25) is 0 Å². The number of hydrogen-bond acceptors (Lipinski definition) is 2. The van der Waals surface area contributed by atoms with Crippen LogP contribution < -0.4 is 0 Å². The van der Waals surface area contributed by atoms with Crippen LogP contribution >= 0.6 is 0 Å². The Labute approximate surface area is 127 Å². The average Bonchev–Trinajstić information content (AvgIpc) is 2.40. The first-order valence-electron chi connectivity index (χ1n) is 7.25. The molecular weight excluding hydrogens is 260 g/mol. The van der Waals surface area contributed by atoms with Crippen molar-refractivity contribution in [3.05, 3.63) is 41.5 Å². The summed E-state index contributed by atoms with van der Waals surface area (Å²) < 4.78 is 0. The minimum atomic E-state index is -0.227. The van der Waals surface area contributed by atoms with E-state index in [-0.39, 0.29) is 16.9 Å². The lowest BCUT2D eigenvalue weighted by Gasteiger charge is -2.23. The zero-order chi connectivity index (χ0) is 16.0. The number of carbonyl (C=O) groups is 1. The SMILES string of the molecule is C#CCCCC(=O)c1cc(CC=C)c(O)c(C(C)(C)C)c1. The minimum Gasteiger partial charge on any atom is -0.507 e. The number of aromatic hydroxyl groups is 1. The Hall–Kier alpha value is -2.01. The van der Waals surface area contributed by atoms with Crippen molar-refractivity contribution in [2.24, 2.45) is 0 Å². The Balaban J connectivity index is 3.21. The van der Waals surface area contributed by atoms with Gasteiger partial charge in [-0.3, -0.25) is 4.79 Å². The highest BCUT2D eigenvalue weighted by Crippen LogP contribution is 2.35. The number of carbonyl (C=O) groups excluding carboxylic acids is 1. The summed E-state index contributed by atoms with van der Waals surface area (Å²) in [7, 11) is 0. The van der Waals surface area contributed by atoms with E-state index in [1.165, 1.54) is 0 Å². The van der Waals surface area contributed by atoms with Gasteiger partial charge in [0.15, 0.2) is 5.78 Å². The van der Waals surface area contributed by atoms with E-state index in [1.807, 2.05) is 20.8 Å². The average molecular weight is 284 g/mol. The second kappa shape index (κ2) is 7.13. The summed E-state index contributed by atoms with van der Waals surface area (Å²) in [4.78, 5) is 12.3. The van der Waals surface area contributed by atoms with Crippen LogP contribution in [0.15, 0.2) is 24.8 Å². The van der Waals surface area contributed by atoms with E-state index in [9.17, 15) is 9.90 Å². The molecule has 21 heavy (non-hydrogen) atoms. The normalized spacial score (nSPS) is 11.0. The molecule has 0 heterocycles. The predicted molar refractivity (Wildman–Crippen MR) is 87.7 cm³/mol. The Bertz CT molecular complexity index is 568. The number of benzene rings is 1. The van der Waals surface area contributed by atoms with Gasteiger partial charge in [-0.25, -0.2) is 0 Å². The third kappa shape index (κ3) is 4.49. The Morgan fingerprint density at radius 3 is 2.62 bits per heavy atom. The summed E-state index contributed by atoms with van der Waals surface area (Å²) >= 11 is 0. The molecule has 0 aromatic heterocycles. The summed E-state index contributed by atoms with van der Waals surface area (Å²) in [5.41, 5.74) is 1.96. The minimum absolute atomic E-state index is 0.0704. The van der Waals surface area contributed by atoms with Crippen molar-refractivity contribution >= 4 is 5.78 Å². The maximum absolute atomic E-state index is 12.3. The summed E-state index contributed by atoms with van der Waals surface area (Å²) in [5, 5.41) is 10.4. The number of rotatable bonds is 6. The molecule has 112 valence electrons. The first kappa shape index (κ1) is 17.0. The van der Waals surface area contributed by atoms with E-state index in [0.717, 1.165) is 11.1 Å². The molecule has 0 saturated carbocycles. The zero-order valence-electron chi connectivity index (χ0n) is 13.2. The van der Waals surface area contributed by atoms with E-state index in [2.05, 4.69) is 12.5 Å². The van der Waals surface area contributed by atoms with E-state index >= 15 is 0 Å². The second-order valence-electron chi connectivity index (χ2n) is 6.26. The number of unbranched alkanes of at least 4 members (excludes halogenated alkanes) is 1. The Morgan fingerprint density at radius 2 is 2.10 bits per heavy atom. The fourth-order valence-corrected chi connectivity index (χ4v) is 2.23. The molecule has 0 saturated heterocycles. The van der Waals surface area contributed by atoms with Gasteiger partial charge >= 0.3 is 0 Å². The van der Waals surface area contributed by atoms with Crippen LogP contribution in [0.1, 0.15) is 61.5 Å². The van der Waals surface area contributed by atoms with E-state index in [0.29, 0.717) is 31.2 Å². The van der Waals surface area contributed by atoms with Gasteiger partial charge in [0.2, 0.25) is 0 Å². The van der Waals surface area contributed by atoms with Gasteiger partial charge in [0.1, 0.15) is 5.75 Å². The molecule has 0 spiro atoms. The van der Waals surface area contributed by atoms with Gasteiger partial charge in [0, 0.05) is 24.0 Å². The maximum atomic E-state index is 12.3. The van der Waals surface area contributed by atoms with Crippen LogP contribution in [0.4, 0.5) is 0 Å². The van der Waals surface area contributed by atoms with E-state index < -0.39 is 0 Å². The van der Waals surface area contributed by atoms with Crippen molar-refractivity contribution in [3.63, 3.8) is 0 Å². The molecule has 1 N–H and O–H groups in total. The van der Waals surface area contributed by atoms with Gasteiger partial charge in [0.05, 0.1) is 0 Å². The Morgan fingerprint density at radius 1 is 1.43 bits per heavy atom. The van der Waals surface area contributed by atoms with Gasteiger partial charge < -0.3 is 5.11 Å². The van der Waals surface area contributed by atoms with Crippen LogP contribution in [0, 0.1) is 12.3 Å². The smallest absolute Gasteiger partial charge is 0.162 e. The fraction of sp³-hybridized carbons (Fsp3) is 0.421. The molecule has 0 unspecified atom stereocenters. The number of phenols is 1. The molecule has 0 amide bonds. The molecule has 1 rings (SSSR count). The lowest BCUT2D eigenvalue weighted by Crippen LogP contribution is -2.14. The van der Waals surface area contributed by atoms with Gasteiger partial charge in [0.25, 0.3) is 0 Å².